The number of nitrogens with zero attached hydrogens (tertiary/aromatic N) is 1. The van der Waals surface area contributed by atoms with Gasteiger partial charge < -0.3 is 10.6 Å². The zero-order valence-corrected chi connectivity index (χ0v) is 11.8. The van der Waals surface area contributed by atoms with Crippen LogP contribution in [-0.4, -0.2) is 4.92 Å². The van der Waals surface area contributed by atoms with Gasteiger partial charge in [0.05, 0.1) is 16.3 Å². The minimum Gasteiger partial charge on any atom is -0.334 e. The van der Waals surface area contributed by atoms with Crippen LogP contribution in [0.2, 0.25) is 0 Å². The molecule has 0 spiro atoms. The molecule has 8 heteroatoms. The van der Waals surface area contributed by atoms with Crippen LogP contribution in [0.25, 0.3) is 0 Å². The van der Waals surface area contributed by atoms with E-state index in [4.69, 9.17) is 23.2 Å². The van der Waals surface area contributed by atoms with Crippen LogP contribution < -0.4 is 10.6 Å². The van der Waals surface area contributed by atoms with E-state index in [2.05, 4.69) is 26.6 Å². The first-order valence-corrected chi connectivity index (χ1v) is 6.28. The van der Waals surface area contributed by atoms with Gasteiger partial charge in [0.2, 0.25) is 0 Å². The van der Waals surface area contributed by atoms with E-state index in [0.29, 0.717) is 0 Å². The third-order valence-corrected chi connectivity index (χ3v) is 3.52. The number of hydrogen-bond acceptors (Lipinski definition) is 4. The first-order valence-electron chi connectivity index (χ1n) is 4.73. The zero-order chi connectivity index (χ0) is 13.3. The number of rotatable bonds is 2. The van der Waals surface area contributed by atoms with Crippen LogP contribution in [0.5, 0.6) is 0 Å². The van der Waals surface area contributed by atoms with Crippen molar-refractivity contribution in [1.29, 1.82) is 0 Å². The fourth-order valence-corrected chi connectivity index (χ4v) is 1.93. The average Bonchev–Trinajstić information content (AvgIpc) is 2.71. The molecule has 2 rings (SSSR count). The van der Waals surface area contributed by atoms with Crippen LogP contribution in [0.3, 0.4) is 0 Å². The largest absolute Gasteiger partial charge is 0.334 e. The summed E-state index contributed by atoms with van der Waals surface area (Å²) in [5.74, 6) is 0.184. The molecule has 1 aliphatic rings. The second kappa shape index (κ2) is 5.17. The highest BCUT2D eigenvalue weighted by Gasteiger charge is 2.29. The second-order valence-corrected chi connectivity index (χ2v) is 5.36. The first kappa shape index (κ1) is 13.2. The number of halogens is 3. The number of allylic oxidation sites excluding steroid dienone is 1. The maximum Gasteiger partial charge on any atom is 0.330 e. The lowest BCUT2D eigenvalue weighted by molar-refractivity contribution is -0.420. The van der Waals surface area contributed by atoms with Crippen LogP contribution in [0.4, 0.5) is 11.4 Å². The Morgan fingerprint density at radius 1 is 1.22 bits per heavy atom. The van der Waals surface area contributed by atoms with Gasteiger partial charge in [0.1, 0.15) is 8.97 Å². The van der Waals surface area contributed by atoms with Gasteiger partial charge in [-0.15, -0.1) is 0 Å². The van der Waals surface area contributed by atoms with Gasteiger partial charge in [-0.2, -0.15) is 0 Å². The molecule has 1 aromatic rings. The predicted molar refractivity (Wildman–Crippen MR) is 75.4 cm³/mol. The lowest BCUT2D eigenvalue weighted by Crippen LogP contribution is -2.11. The molecule has 0 unspecified atom stereocenters. The van der Waals surface area contributed by atoms with Crippen molar-refractivity contribution in [1.82, 2.24) is 0 Å². The fraction of sp³-hybridized carbons (Fsp3) is 0. The molecule has 2 N–H and O–H groups in total. The maximum absolute atomic E-state index is 11.1. The van der Waals surface area contributed by atoms with Crippen LogP contribution >= 0.6 is 39.1 Å². The molecular formula is C10H6BrCl2N3O2. The lowest BCUT2D eigenvalue weighted by Gasteiger charge is -2.03. The van der Waals surface area contributed by atoms with Crippen molar-refractivity contribution in [3.05, 3.63) is 54.9 Å². The van der Waals surface area contributed by atoms with Crippen molar-refractivity contribution >= 4 is 50.5 Å². The highest BCUT2D eigenvalue weighted by molar-refractivity contribution is 9.12. The van der Waals surface area contributed by atoms with Gasteiger partial charge in [0.25, 0.3) is 0 Å². The minimum atomic E-state index is -0.604. The summed E-state index contributed by atoms with van der Waals surface area (Å²) in [6.07, 6.45) is 0. The summed E-state index contributed by atoms with van der Waals surface area (Å²) in [6, 6.07) is 7.22. The molecule has 0 amide bonds. The Kier molecular flexibility index (Phi) is 3.79. The normalized spacial score (nSPS) is 14.3. The van der Waals surface area contributed by atoms with E-state index in [1.54, 1.807) is 12.1 Å². The van der Waals surface area contributed by atoms with E-state index in [0.717, 1.165) is 11.4 Å². The van der Waals surface area contributed by atoms with Gasteiger partial charge in [-0.1, -0.05) is 35.3 Å². The number of nitrogens with one attached hydrogen (secondary N) is 2. The number of benzene rings is 1. The average molecular weight is 351 g/mol. The Morgan fingerprint density at radius 2 is 1.72 bits per heavy atom. The summed E-state index contributed by atoms with van der Waals surface area (Å²) in [6.45, 7) is 0. The summed E-state index contributed by atoms with van der Waals surface area (Å²) < 4.78 is -0.0251. The molecule has 0 fully saturated rings. The summed E-state index contributed by atoms with van der Waals surface area (Å²) in [4.78, 5) is 10.4. The summed E-state index contributed by atoms with van der Waals surface area (Å²) in [7, 11) is 0. The third kappa shape index (κ3) is 2.45. The molecule has 0 saturated carbocycles. The number of para-hydroxylation sites is 2. The molecule has 0 aliphatic carbocycles. The quantitative estimate of drug-likeness (QED) is 0.624. The monoisotopic (exact) mass is 349 g/mol. The Labute approximate surface area is 121 Å². The lowest BCUT2D eigenvalue weighted by atomic mass is 10.3. The van der Waals surface area contributed by atoms with Gasteiger partial charge in [-0.25, -0.2) is 0 Å². The Bertz CT molecular complexity index is 555. The topological polar surface area (TPSA) is 67.2 Å². The minimum absolute atomic E-state index is 0.0251. The number of nitro groups is 1. The van der Waals surface area contributed by atoms with Gasteiger partial charge in [0, 0.05) is 0 Å². The van der Waals surface area contributed by atoms with Gasteiger partial charge >= 0.3 is 5.70 Å². The molecule has 1 heterocycles. The summed E-state index contributed by atoms with van der Waals surface area (Å²) in [5.41, 5.74) is 1.15. The summed E-state index contributed by atoms with van der Waals surface area (Å²) in [5, 5.41) is 16.6. The third-order valence-electron chi connectivity index (χ3n) is 2.24. The van der Waals surface area contributed by atoms with Crippen LogP contribution in [-0.2, 0) is 0 Å². The molecule has 0 saturated heterocycles. The van der Waals surface area contributed by atoms with Crippen molar-refractivity contribution in [2.75, 3.05) is 10.6 Å². The van der Waals surface area contributed by atoms with Crippen LogP contribution in [0.1, 0.15) is 0 Å². The van der Waals surface area contributed by atoms with Crippen LogP contribution in [0.15, 0.2) is 44.8 Å². The van der Waals surface area contributed by atoms with E-state index in [9.17, 15) is 10.1 Å². The van der Waals surface area contributed by atoms with Crippen molar-refractivity contribution in [3.63, 3.8) is 0 Å². The first-order chi connectivity index (χ1) is 8.50. The number of fused-ring (bicyclic) bond motifs is 1. The van der Waals surface area contributed by atoms with Crippen molar-refractivity contribution in [3.8, 4) is 0 Å². The molecule has 1 aromatic carbocycles. The number of hydrogen-bond donors (Lipinski definition) is 2. The van der Waals surface area contributed by atoms with E-state index >= 15 is 0 Å². The van der Waals surface area contributed by atoms with E-state index in [1.165, 1.54) is 0 Å². The molecular weight excluding hydrogens is 345 g/mol. The molecule has 0 radical (unpaired) electrons. The van der Waals surface area contributed by atoms with Gasteiger partial charge in [-0.3, -0.25) is 10.1 Å². The highest BCUT2D eigenvalue weighted by atomic mass is 79.9. The highest BCUT2D eigenvalue weighted by Crippen LogP contribution is 2.35. The van der Waals surface area contributed by atoms with Crippen molar-refractivity contribution < 1.29 is 4.92 Å². The van der Waals surface area contributed by atoms with E-state index in [1.807, 2.05) is 12.1 Å². The zero-order valence-electron chi connectivity index (χ0n) is 8.71. The smallest absolute Gasteiger partial charge is 0.330 e. The van der Waals surface area contributed by atoms with Crippen LogP contribution in [0, 0.1) is 10.1 Å². The maximum atomic E-state index is 11.1. The molecule has 0 atom stereocenters. The molecule has 94 valence electrons. The van der Waals surface area contributed by atoms with Crippen molar-refractivity contribution in [2.45, 2.75) is 0 Å². The predicted octanol–water partition coefficient (Wildman–Crippen LogP) is 4.01. The molecule has 5 nitrogen and oxygen atoms in total. The molecule has 18 heavy (non-hydrogen) atoms. The molecule has 1 aliphatic heterocycles. The Hall–Kier alpha value is -1.24. The molecule has 0 aromatic heterocycles. The van der Waals surface area contributed by atoms with Crippen molar-refractivity contribution in [2.24, 2.45) is 0 Å². The van der Waals surface area contributed by atoms with E-state index in [-0.39, 0.29) is 20.5 Å². The molecule has 0 bridgehead atoms. The fourth-order valence-electron chi connectivity index (χ4n) is 1.49. The van der Waals surface area contributed by atoms with Gasteiger partial charge in [0.15, 0.2) is 5.82 Å². The standard InChI is InChI=1S/C10H6BrCl2N3O2/c11-9(13)7(12)8(16(17)18)10-14-5-3-1-2-4-6(5)15-10/h1-4,14-15H. The second-order valence-electron chi connectivity index (χ2n) is 3.35. The Balaban J connectivity index is 2.49. The number of anilines is 2. The Morgan fingerprint density at radius 3 is 2.11 bits per heavy atom. The van der Waals surface area contributed by atoms with Gasteiger partial charge in [-0.05, 0) is 28.1 Å². The van der Waals surface area contributed by atoms with E-state index < -0.39 is 4.92 Å². The SMILES string of the molecule is O=[N+]([O-])C(=C1Nc2ccccc2N1)C(Cl)=C(Cl)Br. The summed E-state index contributed by atoms with van der Waals surface area (Å²) >= 11 is 14.4.